The molecule has 2 aromatic rings. The maximum atomic E-state index is 12.1. The Balaban J connectivity index is 1.92. The molecule has 1 amide bonds. The summed E-state index contributed by atoms with van der Waals surface area (Å²) in [5.41, 5.74) is 6.41. The second-order valence-corrected chi connectivity index (χ2v) is 4.27. The molecule has 0 aliphatic heterocycles. The summed E-state index contributed by atoms with van der Waals surface area (Å²) in [7, 11) is 1.75. The van der Waals surface area contributed by atoms with Gasteiger partial charge in [-0.15, -0.1) is 0 Å². The number of carbonyl (C=O) groups is 1. The third-order valence-electron chi connectivity index (χ3n) is 2.85. The van der Waals surface area contributed by atoms with Crippen molar-refractivity contribution in [2.45, 2.75) is 13.0 Å². The fraction of sp³-hybridized carbons (Fsp3) is 0.286. The summed E-state index contributed by atoms with van der Waals surface area (Å²) >= 11 is 0. The molecule has 0 aromatic carbocycles. The second-order valence-electron chi connectivity index (χ2n) is 4.27. The van der Waals surface area contributed by atoms with E-state index in [0.717, 1.165) is 5.69 Å². The molecular formula is C14H17N3O2. The van der Waals surface area contributed by atoms with Crippen molar-refractivity contribution in [2.24, 2.45) is 5.73 Å². The van der Waals surface area contributed by atoms with Crippen molar-refractivity contribution in [2.75, 3.05) is 13.6 Å². The molecule has 0 fully saturated rings. The number of carbonyl (C=O) groups excluding carboxylic acids is 1. The standard InChI is InChI=1S/C14H17N3O2/c1-17(9-7-11-4-2-3-8-16-11)14(18)13-6-5-12(10-15)19-13/h2-6,8H,7,9-10,15H2,1H3. The monoisotopic (exact) mass is 259 g/mol. The third-order valence-corrected chi connectivity index (χ3v) is 2.85. The summed E-state index contributed by atoms with van der Waals surface area (Å²) in [5.74, 6) is 0.793. The van der Waals surface area contributed by atoms with E-state index in [1.54, 1.807) is 30.3 Å². The second kappa shape index (κ2) is 6.15. The smallest absolute Gasteiger partial charge is 0.289 e. The Morgan fingerprint density at radius 2 is 2.21 bits per heavy atom. The van der Waals surface area contributed by atoms with Crippen LogP contribution in [0.15, 0.2) is 40.9 Å². The van der Waals surface area contributed by atoms with Crippen molar-refractivity contribution in [3.05, 3.63) is 53.7 Å². The van der Waals surface area contributed by atoms with Crippen molar-refractivity contribution >= 4 is 5.91 Å². The summed E-state index contributed by atoms with van der Waals surface area (Å²) in [5, 5.41) is 0. The number of aromatic nitrogens is 1. The van der Waals surface area contributed by atoms with Crippen LogP contribution in [0.4, 0.5) is 0 Å². The lowest BCUT2D eigenvalue weighted by molar-refractivity contribution is 0.0763. The van der Waals surface area contributed by atoms with E-state index in [1.807, 2.05) is 18.2 Å². The molecular weight excluding hydrogens is 242 g/mol. The average molecular weight is 259 g/mol. The Morgan fingerprint density at radius 1 is 1.37 bits per heavy atom. The topological polar surface area (TPSA) is 72.4 Å². The molecule has 0 aliphatic rings. The van der Waals surface area contributed by atoms with Gasteiger partial charge in [-0.1, -0.05) is 6.07 Å². The Kier molecular flexibility index (Phi) is 4.30. The van der Waals surface area contributed by atoms with Gasteiger partial charge in [-0.3, -0.25) is 9.78 Å². The molecule has 0 atom stereocenters. The molecule has 0 spiro atoms. The van der Waals surface area contributed by atoms with E-state index >= 15 is 0 Å². The number of hydrogen-bond donors (Lipinski definition) is 1. The van der Waals surface area contributed by atoms with Crippen molar-refractivity contribution in [3.63, 3.8) is 0 Å². The van der Waals surface area contributed by atoms with Gasteiger partial charge in [0.05, 0.1) is 6.54 Å². The summed E-state index contributed by atoms with van der Waals surface area (Å²) in [4.78, 5) is 17.9. The van der Waals surface area contributed by atoms with Gasteiger partial charge < -0.3 is 15.1 Å². The molecule has 19 heavy (non-hydrogen) atoms. The van der Waals surface area contributed by atoms with Gasteiger partial charge in [0, 0.05) is 31.9 Å². The minimum atomic E-state index is -0.143. The first-order chi connectivity index (χ1) is 9.20. The molecule has 0 unspecified atom stereocenters. The first kappa shape index (κ1) is 13.3. The quantitative estimate of drug-likeness (QED) is 0.882. The molecule has 0 saturated carbocycles. The Hall–Kier alpha value is -2.14. The Bertz CT molecular complexity index is 537. The highest BCUT2D eigenvalue weighted by Gasteiger charge is 2.15. The highest BCUT2D eigenvalue weighted by atomic mass is 16.4. The summed E-state index contributed by atoms with van der Waals surface area (Å²) < 4.78 is 5.34. The fourth-order valence-corrected chi connectivity index (χ4v) is 1.72. The molecule has 5 heteroatoms. The number of rotatable bonds is 5. The summed E-state index contributed by atoms with van der Waals surface area (Å²) in [6.45, 7) is 0.888. The molecule has 0 bridgehead atoms. The summed E-state index contributed by atoms with van der Waals surface area (Å²) in [6.07, 6.45) is 2.46. The van der Waals surface area contributed by atoms with Crippen LogP contribution < -0.4 is 5.73 Å². The number of nitrogens with zero attached hydrogens (tertiary/aromatic N) is 2. The van der Waals surface area contributed by atoms with E-state index in [2.05, 4.69) is 4.98 Å². The highest BCUT2D eigenvalue weighted by molar-refractivity contribution is 5.91. The van der Waals surface area contributed by atoms with E-state index in [4.69, 9.17) is 10.2 Å². The molecule has 2 N–H and O–H groups in total. The van der Waals surface area contributed by atoms with Crippen LogP contribution in [0.2, 0.25) is 0 Å². The van der Waals surface area contributed by atoms with E-state index in [0.29, 0.717) is 31.0 Å². The molecule has 100 valence electrons. The molecule has 0 aliphatic carbocycles. The van der Waals surface area contributed by atoms with Crippen LogP contribution in [0, 0.1) is 0 Å². The van der Waals surface area contributed by atoms with Crippen LogP contribution in [0.1, 0.15) is 22.0 Å². The predicted molar refractivity (Wildman–Crippen MR) is 71.5 cm³/mol. The molecule has 5 nitrogen and oxygen atoms in total. The number of nitrogens with two attached hydrogens (primary N) is 1. The maximum absolute atomic E-state index is 12.1. The van der Waals surface area contributed by atoms with Gasteiger partial charge in [0.1, 0.15) is 5.76 Å². The molecule has 0 saturated heterocycles. The molecule has 2 rings (SSSR count). The van der Waals surface area contributed by atoms with Gasteiger partial charge in [-0.25, -0.2) is 0 Å². The first-order valence-corrected chi connectivity index (χ1v) is 6.15. The SMILES string of the molecule is CN(CCc1ccccn1)C(=O)c1ccc(CN)o1. The number of pyridine rings is 1. The zero-order chi connectivity index (χ0) is 13.7. The van der Waals surface area contributed by atoms with Crippen LogP contribution in [0.3, 0.4) is 0 Å². The Labute approximate surface area is 112 Å². The van der Waals surface area contributed by atoms with Gasteiger partial charge >= 0.3 is 0 Å². The third kappa shape index (κ3) is 3.42. The number of likely N-dealkylation sites (N-methyl/N-ethyl adjacent to an activating group) is 1. The molecule has 0 radical (unpaired) electrons. The van der Waals surface area contributed by atoms with E-state index in [-0.39, 0.29) is 5.91 Å². The predicted octanol–water partition coefficient (Wildman–Crippen LogP) is 1.45. The van der Waals surface area contributed by atoms with Gasteiger partial charge in [0.15, 0.2) is 5.76 Å². The van der Waals surface area contributed by atoms with Crippen LogP contribution in [0.5, 0.6) is 0 Å². The minimum Gasteiger partial charge on any atom is -0.455 e. The van der Waals surface area contributed by atoms with Crippen LogP contribution >= 0.6 is 0 Å². The molecule has 2 heterocycles. The van der Waals surface area contributed by atoms with E-state index in [9.17, 15) is 4.79 Å². The van der Waals surface area contributed by atoms with Crippen molar-refractivity contribution in [3.8, 4) is 0 Å². The lowest BCUT2D eigenvalue weighted by Gasteiger charge is -2.15. The number of hydrogen-bond acceptors (Lipinski definition) is 4. The lowest BCUT2D eigenvalue weighted by atomic mass is 10.2. The van der Waals surface area contributed by atoms with Crippen LogP contribution in [0.25, 0.3) is 0 Å². The largest absolute Gasteiger partial charge is 0.455 e. The number of furan rings is 1. The van der Waals surface area contributed by atoms with E-state index < -0.39 is 0 Å². The van der Waals surface area contributed by atoms with Crippen molar-refractivity contribution < 1.29 is 9.21 Å². The van der Waals surface area contributed by atoms with Crippen molar-refractivity contribution in [1.29, 1.82) is 0 Å². The first-order valence-electron chi connectivity index (χ1n) is 6.15. The average Bonchev–Trinajstić information content (AvgIpc) is 2.94. The highest BCUT2D eigenvalue weighted by Crippen LogP contribution is 2.10. The fourth-order valence-electron chi connectivity index (χ4n) is 1.72. The van der Waals surface area contributed by atoms with Crippen LogP contribution in [-0.2, 0) is 13.0 Å². The zero-order valence-corrected chi connectivity index (χ0v) is 10.9. The van der Waals surface area contributed by atoms with E-state index in [1.165, 1.54) is 0 Å². The lowest BCUT2D eigenvalue weighted by Crippen LogP contribution is -2.28. The molecule has 2 aromatic heterocycles. The van der Waals surface area contributed by atoms with Crippen molar-refractivity contribution in [1.82, 2.24) is 9.88 Å². The zero-order valence-electron chi connectivity index (χ0n) is 10.9. The van der Waals surface area contributed by atoms with Gasteiger partial charge in [0.25, 0.3) is 5.91 Å². The van der Waals surface area contributed by atoms with Gasteiger partial charge in [0.2, 0.25) is 0 Å². The summed E-state index contributed by atoms with van der Waals surface area (Å²) in [6, 6.07) is 9.12. The minimum absolute atomic E-state index is 0.143. The van der Waals surface area contributed by atoms with Gasteiger partial charge in [-0.05, 0) is 24.3 Å². The maximum Gasteiger partial charge on any atom is 0.289 e. The van der Waals surface area contributed by atoms with Crippen LogP contribution in [-0.4, -0.2) is 29.4 Å². The normalized spacial score (nSPS) is 10.4. The Morgan fingerprint density at radius 3 is 2.84 bits per heavy atom. The van der Waals surface area contributed by atoms with Gasteiger partial charge in [-0.2, -0.15) is 0 Å². The number of amides is 1.